The molecular formula is C26H38INO3S. The molecule has 0 saturated heterocycles. The molecule has 2 aromatic carbocycles. The van der Waals surface area contributed by atoms with Crippen LogP contribution < -0.4 is 4.72 Å². The van der Waals surface area contributed by atoms with E-state index in [1.165, 1.54) is 6.42 Å². The molecule has 6 heteroatoms. The predicted octanol–water partition coefficient (Wildman–Crippen LogP) is 6.93. The quantitative estimate of drug-likeness (QED) is 0.383. The normalized spacial score (nSPS) is 16.8. The zero-order valence-electron chi connectivity index (χ0n) is 20.2. The van der Waals surface area contributed by atoms with Crippen molar-refractivity contribution in [3.05, 3.63) is 66.8 Å². The molecule has 32 heavy (non-hydrogen) atoms. The molecule has 0 aromatic heterocycles. The van der Waals surface area contributed by atoms with Crippen LogP contribution in [0.2, 0.25) is 0 Å². The SMILES string of the molecule is CC(C)(C)c1ccccc1I(OS(=O)(=O)NC1CCCCC1)c1ccccc1C(C)(C)C. The van der Waals surface area contributed by atoms with Gasteiger partial charge in [0.25, 0.3) is 0 Å². The van der Waals surface area contributed by atoms with Crippen LogP contribution in [0.5, 0.6) is 0 Å². The van der Waals surface area contributed by atoms with Crippen LogP contribution in [0.4, 0.5) is 0 Å². The standard InChI is InChI=1S/C26H38INO3S/c1-25(2,3)21-16-10-12-18-23(21)27(24-19-13-11-17-22(24)26(4,5)6)31-32(29,30)28-20-14-8-7-9-15-20/h10-13,16-20,28H,7-9,14-15H2,1-6H3. The molecular weight excluding hydrogens is 533 g/mol. The van der Waals surface area contributed by atoms with Crippen LogP contribution >= 0.6 is 20.2 Å². The van der Waals surface area contributed by atoms with Crippen molar-refractivity contribution in [2.75, 3.05) is 0 Å². The third-order valence-corrected chi connectivity index (χ3v) is 13.2. The Labute approximate surface area is 202 Å². The average molecular weight is 572 g/mol. The van der Waals surface area contributed by atoms with Gasteiger partial charge in [0, 0.05) is 0 Å². The summed E-state index contributed by atoms with van der Waals surface area (Å²) in [5, 5.41) is 0. The number of hydrogen-bond acceptors (Lipinski definition) is 3. The first-order chi connectivity index (χ1) is 14.9. The Morgan fingerprint density at radius 2 is 1.22 bits per heavy atom. The molecule has 0 unspecified atom stereocenters. The minimum absolute atomic E-state index is 0.0257. The van der Waals surface area contributed by atoms with E-state index in [2.05, 4.69) is 70.5 Å². The fraction of sp³-hybridized carbons (Fsp3) is 0.538. The summed E-state index contributed by atoms with van der Waals surface area (Å²) in [6.07, 6.45) is 5.07. The van der Waals surface area contributed by atoms with Crippen LogP contribution in [0.1, 0.15) is 84.8 Å². The van der Waals surface area contributed by atoms with E-state index in [1.807, 2.05) is 24.3 Å². The molecule has 0 atom stereocenters. The van der Waals surface area contributed by atoms with Gasteiger partial charge in [-0.3, -0.25) is 0 Å². The molecule has 0 heterocycles. The average Bonchev–Trinajstić information content (AvgIpc) is 2.71. The molecule has 1 saturated carbocycles. The van der Waals surface area contributed by atoms with Crippen molar-refractivity contribution in [1.29, 1.82) is 0 Å². The minimum atomic E-state index is -3.88. The van der Waals surface area contributed by atoms with Gasteiger partial charge in [-0.25, -0.2) is 0 Å². The molecule has 1 N–H and O–H groups in total. The molecule has 0 aliphatic heterocycles. The number of hydrogen-bond donors (Lipinski definition) is 1. The van der Waals surface area contributed by atoms with E-state index in [1.54, 1.807) is 0 Å². The number of rotatable bonds is 6. The van der Waals surface area contributed by atoms with Gasteiger partial charge >= 0.3 is 204 Å². The van der Waals surface area contributed by atoms with Crippen molar-refractivity contribution in [3.8, 4) is 0 Å². The first-order valence-corrected chi connectivity index (χ1v) is 15.9. The summed E-state index contributed by atoms with van der Waals surface area (Å²) >= 11 is -2.81. The Kier molecular flexibility index (Phi) is 8.11. The molecule has 1 aliphatic rings. The molecule has 3 rings (SSSR count). The Bertz CT molecular complexity index is 958. The molecule has 0 amide bonds. The number of halogens is 1. The summed E-state index contributed by atoms with van der Waals surface area (Å²) in [5.74, 6) is 0. The molecule has 178 valence electrons. The van der Waals surface area contributed by atoms with E-state index >= 15 is 0 Å². The van der Waals surface area contributed by atoms with E-state index in [0.29, 0.717) is 0 Å². The Morgan fingerprint density at radius 1 is 0.781 bits per heavy atom. The van der Waals surface area contributed by atoms with Crippen LogP contribution in [-0.4, -0.2) is 14.5 Å². The van der Waals surface area contributed by atoms with Gasteiger partial charge in [-0.2, -0.15) is 0 Å². The second kappa shape index (κ2) is 10.1. The number of nitrogens with one attached hydrogen (secondary N) is 1. The third kappa shape index (κ3) is 6.55. The van der Waals surface area contributed by atoms with Crippen molar-refractivity contribution in [1.82, 2.24) is 4.72 Å². The van der Waals surface area contributed by atoms with Gasteiger partial charge in [0.15, 0.2) is 0 Å². The zero-order chi connectivity index (χ0) is 23.6. The van der Waals surface area contributed by atoms with Crippen molar-refractivity contribution in [2.24, 2.45) is 0 Å². The molecule has 0 spiro atoms. The summed E-state index contributed by atoms with van der Waals surface area (Å²) in [7, 11) is -3.88. The van der Waals surface area contributed by atoms with Crippen LogP contribution in [0.15, 0.2) is 48.5 Å². The van der Waals surface area contributed by atoms with Crippen molar-refractivity contribution >= 4 is 30.5 Å². The maximum absolute atomic E-state index is 13.3. The summed E-state index contributed by atoms with van der Waals surface area (Å²) < 4.78 is 37.7. The second-order valence-electron chi connectivity index (χ2n) is 10.7. The topological polar surface area (TPSA) is 55.4 Å². The van der Waals surface area contributed by atoms with E-state index in [9.17, 15) is 8.42 Å². The summed E-state index contributed by atoms with van der Waals surface area (Å²) in [4.78, 5) is 0. The Balaban J connectivity index is 2.10. The van der Waals surface area contributed by atoms with Gasteiger partial charge in [-0.1, -0.05) is 0 Å². The molecule has 0 radical (unpaired) electrons. The van der Waals surface area contributed by atoms with Gasteiger partial charge in [0.1, 0.15) is 0 Å². The molecule has 1 fully saturated rings. The van der Waals surface area contributed by atoms with Crippen LogP contribution in [-0.2, 0) is 23.6 Å². The van der Waals surface area contributed by atoms with Gasteiger partial charge in [0.2, 0.25) is 0 Å². The fourth-order valence-electron chi connectivity index (χ4n) is 4.14. The first kappa shape index (κ1) is 25.7. The van der Waals surface area contributed by atoms with E-state index in [4.69, 9.17) is 2.51 Å². The molecule has 0 bridgehead atoms. The Morgan fingerprint density at radius 3 is 1.66 bits per heavy atom. The molecule has 2 aromatic rings. The number of benzene rings is 2. The van der Waals surface area contributed by atoms with E-state index in [-0.39, 0.29) is 16.9 Å². The predicted molar refractivity (Wildman–Crippen MR) is 142 cm³/mol. The van der Waals surface area contributed by atoms with Crippen molar-refractivity contribution in [2.45, 2.75) is 90.5 Å². The van der Waals surface area contributed by atoms with Crippen molar-refractivity contribution in [3.63, 3.8) is 0 Å². The zero-order valence-corrected chi connectivity index (χ0v) is 23.2. The van der Waals surface area contributed by atoms with Crippen LogP contribution in [0.25, 0.3) is 0 Å². The first-order valence-electron chi connectivity index (χ1n) is 11.5. The van der Waals surface area contributed by atoms with Gasteiger partial charge in [-0.05, 0) is 0 Å². The van der Waals surface area contributed by atoms with Gasteiger partial charge < -0.3 is 0 Å². The van der Waals surface area contributed by atoms with E-state index in [0.717, 1.165) is 44.0 Å². The molecule has 1 aliphatic carbocycles. The van der Waals surface area contributed by atoms with Gasteiger partial charge in [-0.15, -0.1) is 0 Å². The Hall–Kier alpha value is -0.960. The summed E-state index contributed by atoms with van der Waals surface area (Å²) in [6.45, 7) is 13.0. The summed E-state index contributed by atoms with van der Waals surface area (Å²) in [6, 6.07) is 16.4. The third-order valence-electron chi connectivity index (χ3n) is 5.80. The van der Waals surface area contributed by atoms with Crippen LogP contribution in [0.3, 0.4) is 0 Å². The summed E-state index contributed by atoms with van der Waals surface area (Å²) in [5.41, 5.74) is 2.07. The van der Waals surface area contributed by atoms with Gasteiger partial charge in [0.05, 0.1) is 0 Å². The molecule has 4 nitrogen and oxygen atoms in total. The fourth-order valence-corrected chi connectivity index (χ4v) is 12.7. The maximum atomic E-state index is 13.3. The van der Waals surface area contributed by atoms with E-state index < -0.39 is 30.5 Å². The van der Waals surface area contributed by atoms with Crippen molar-refractivity contribution < 1.29 is 10.9 Å². The monoisotopic (exact) mass is 571 g/mol. The second-order valence-corrected chi connectivity index (χ2v) is 16.8. The van der Waals surface area contributed by atoms with Crippen LogP contribution in [0, 0.1) is 7.14 Å².